The molecule has 0 aromatic heterocycles. The van der Waals surface area contributed by atoms with Crippen molar-refractivity contribution in [1.82, 2.24) is 21.7 Å². The van der Waals surface area contributed by atoms with Gasteiger partial charge in [0, 0.05) is 11.8 Å². The van der Waals surface area contributed by atoms with Crippen LogP contribution in [0.1, 0.15) is 162 Å². The molecule has 0 heterocycles. The lowest BCUT2D eigenvalue weighted by molar-refractivity contribution is -0.126. The Morgan fingerprint density at radius 3 is 1.46 bits per heavy atom. The number of hydrogen-bond donors (Lipinski definition) is 6. The van der Waals surface area contributed by atoms with Crippen LogP contribution in [0.2, 0.25) is 0 Å². The Balaban J connectivity index is 1.83. The van der Waals surface area contributed by atoms with Gasteiger partial charge in [0.1, 0.15) is 11.5 Å². The van der Waals surface area contributed by atoms with E-state index in [-0.39, 0.29) is 40.4 Å². The molecule has 2 atom stereocenters. The van der Waals surface area contributed by atoms with E-state index in [1.54, 1.807) is 19.1 Å². The fourth-order valence-electron chi connectivity index (χ4n) is 6.05. The van der Waals surface area contributed by atoms with E-state index in [9.17, 15) is 29.4 Å². The van der Waals surface area contributed by atoms with Crippen LogP contribution >= 0.6 is 0 Å². The third kappa shape index (κ3) is 14.8. The first kappa shape index (κ1) is 42.1. The number of phenolic OH excluding ortho intramolecular Hbond substituents is 2. The molecule has 0 bridgehead atoms. The van der Waals surface area contributed by atoms with Crippen LogP contribution < -0.4 is 21.7 Å². The zero-order valence-corrected chi connectivity index (χ0v) is 30.9. The Kier molecular flexibility index (Phi) is 20.3. The Hall–Kier alpha value is -4.08. The van der Waals surface area contributed by atoms with Gasteiger partial charge in [0.25, 0.3) is 11.8 Å². The highest BCUT2D eigenvalue weighted by atomic mass is 16.3. The largest absolute Gasteiger partial charge is 0.507 e. The number of aryl methyl sites for hydroxylation is 2. The summed E-state index contributed by atoms with van der Waals surface area (Å²) in [4.78, 5) is 51.5. The summed E-state index contributed by atoms with van der Waals surface area (Å²) < 4.78 is 0. The van der Waals surface area contributed by atoms with Crippen LogP contribution in [0.25, 0.3) is 0 Å². The number of unbranched alkanes of at least 4 members (excludes halogenated alkanes) is 9. The maximum Gasteiger partial charge on any atom is 0.273 e. The molecule has 0 aliphatic carbocycles. The molecule has 278 valence electrons. The SMILES string of the molecule is CCCCCCCc1cccc(C(=O)NNC(=O)C(C)CCCC(CCCC)C(=O)NNC(=O)c2cccc(CCCCCCC)c2O)c1O. The number of para-hydroxylation sites is 2. The first-order valence-corrected chi connectivity index (χ1v) is 19.0. The number of carbonyl (C=O) groups is 4. The fraction of sp³-hybridized carbons (Fsp3) is 0.600. The van der Waals surface area contributed by atoms with Crippen molar-refractivity contribution in [2.24, 2.45) is 11.8 Å². The van der Waals surface area contributed by atoms with Crippen LogP contribution in [0.4, 0.5) is 0 Å². The average Bonchev–Trinajstić information content (AvgIpc) is 3.11. The van der Waals surface area contributed by atoms with Crippen molar-refractivity contribution in [1.29, 1.82) is 0 Å². The molecule has 0 aliphatic heterocycles. The minimum atomic E-state index is -0.586. The fourth-order valence-corrected chi connectivity index (χ4v) is 6.05. The molecule has 10 nitrogen and oxygen atoms in total. The molecule has 0 saturated heterocycles. The zero-order valence-electron chi connectivity index (χ0n) is 30.9. The van der Waals surface area contributed by atoms with E-state index in [0.717, 1.165) is 69.8 Å². The number of hydrazine groups is 2. The molecule has 0 fully saturated rings. The summed E-state index contributed by atoms with van der Waals surface area (Å²) in [7, 11) is 0. The Morgan fingerprint density at radius 2 is 0.980 bits per heavy atom. The molecular formula is C40H62N4O6. The van der Waals surface area contributed by atoms with Crippen LogP contribution in [0.3, 0.4) is 0 Å². The van der Waals surface area contributed by atoms with Crippen molar-refractivity contribution in [3.05, 3.63) is 58.7 Å². The number of hydrogen-bond acceptors (Lipinski definition) is 6. The van der Waals surface area contributed by atoms with Gasteiger partial charge >= 0.3 is 0 Å². The van der Waals surface area contributed by atoms with Crippen molar-refractivity contribution in [3.8, 4) is 11.5 Å². The van der Waals surface area contributed by atoms with Gasteiger partial charge in [0.05, 0.1) is 11.1 Å². The summed E-state index contributed by atoms with van der Waals surface area (Å²) in [5.41, 5.74) is 11.6. The van der Waals surface area contributed by atoms with Crippen molar-refractivity contribution < 1.29 is 29.4 Å². The Labute approximate surface area is 299 Å². The number of amides is 4. The molecule has 0 aliphatic rings. The van der Waals surface area contributed by atoms with Gasteiger partial charge in [0.15, 0.2) is 0 Å². The lowest BCUT2D eigenvalue weighted by Crippen LogP contribution is -2.45. The summed E-state index contributed by atoms with van der Waals surface area (Å²) in [6.45, 7) is 8.12. The second-order valence-corrected chi connectivity index (χ2v) is 13.5. The van der Waals surface area contributed by atoms with Gasteiger partial charge in [-0.15, -0.1) is 0 Å². The third-order valence-electron chi connectivity index (χ3n) is 9.34. The first-order valence-electron chi connectivity index (χ1n) is 19.0. The van der Waals surface area contributed by atoms with E-state index in [0.29, 0.717) is 44.1 Å². The standard InChI is InChI=1S/C40H62N4O6/c1-5-8-11-13-15-22-30-24-18-27-33(35(30)45)39(49)43-41-37(47)29(4)20-17-26-32(21-10-7-3)38(48)42-44-40(50)34-28-19-25-31(36(34)46)23-16-14-12-9-6-2/h18-19,24-25,27-29,32,45-46H,5-17,20-23,26H2,1-4H3,(H,41,47)(H,42,48)(H,43,49)(H,44,50). The third-order valence-corrected chi connectivity index (χ3v) is 9.34. The highest BCUT2D eigenvalue weighted by Gasteiger charge is 2.22. The Morgan fingerprint density at radius 1 is 0.540 bits per heavy atom. The van der Waals surface area contributed by atoms with Gasteiger partial charge in [-0.05, 0) is 68.2 Å². The van der Waals surface area contributed by atoms with E-state index in [1.807, 2.05) is 19.1 Å². The smallest absolute Gasteiger partial charge is 0.273 e. The second kappa shape index (κ2) is 24.1. The highest BCUT2D eigenvalue weighted by molar-refractivity contribution is 5.99. The molecular weight excluding hydrogens is 632 g/mol. The second-order valence-electron chi connectivity index (χ2n) is 13.5. The summed E-state index contributed by atoms with van der Waals surface area (Å²) in [5.74, 6) is -2.76. The summed E-state index contributed by atoms with van der Waals surface area (Å²) in [6, 6.07) is 10.2. The quantitative estimate of drug-likeness (QED) is 0.0512. The number of phenols is 2. The molecule has 6 N–H and O–H groups in total. The minimum absolute atomic E-state index is 0.0563. The molecule has 2 rings (SSSR count). The topological polar surface area (TPSA) is 157 Å². The monoisotopic (exact) mass is 694 g/mol. The predicted molar refractivity (Wildman–Crippen MR) is 198 cm³/mol. The molecule has 50 heavy (non-hydrogen) atoms. The number of aromatic hydroxyl groups is 2. The van der Waals surface area contributed by atoms with E-state index in [2.05, 4.69) is 35.6 Å². The summed E-state index contributed by atoms with van der Waals surface area (Å²) in [5, 5.41) is 21.4. The number of rotatable bonds is 23. The molecule has 2 unspecified atom stereocenters. The Bertz CT molecular complexity index is 1350. The normalized spacial score (nSPS) is 12.2. The van der Waals surface area contributed by atoms with Crippen LogP contribution in [0.5, 0.6) is 11.5 Å². The predicted octanol–water partition coefficient (Wildman–Crippen LogP) is 7.96. The molecule has 10 heteroatoms. The molecule has 2 aromatic carbocycles. The van der Waals surface area contributed by atoms with Crippen molar-refractivity contribution in [3.63, 3.8) is 0 Å². The maximum absolute atomic E-state index is 13.1. The summed E-state index contributed by atoms with van der Waals surface area (Å²) >= 11 is 0. The van der Waals surface area contributed by atoms with Crippen molar-refractivity contribution >= 4 is 23.6 Å². The van der Waals surface area contributed by atoms with Crippen LogP contribution in [-0.2, 0) is 22.4 Å². The lowest BCUT2D eigenvalue weighted by atomic mass is 9.92. The van der Waals surface area contributed by atoms with Gasteiger partial charge in [-0.2, -0.15) is 0 Å². The van der Waals surface area contributed by atoms with E-state index < -0.39 is 17.7 Å². The maximum atomic E-state index is 13.1. The first-order chi connectivity index (χ1) is 24.1. The van der Waals surface area contributed by atoms with Gasteiger partial charge in [-0.3, -0.25) is 40.9 Å². The molecule has 2 aromatic rings. The molecule has 4 amide bonds. The van der Waals surface area contributed by atoms with Crippen molar-refractivity contribution in [2.75, 3.05) is 0 Å². The molecule has 0 spiro atoms. The zero-order chi connectivity index (χ0) is 36.7. The van der Waals surface area contributed by atoms with E-state index >= 15 is 0 Å². The highest BCUT2D eigenvalue weighted by Crippen LogP contribution is 2.26. The average molecular weight is 695 g/mol. The summed E-state index contributed by atoms with van der Waals surface area (Å²) in [6.07, 6.45) is 16.3. The minimum Gasteiger partial charge on any atom is -0.507 e. The van der Waals surface area contributed by atoms with Crippen LogP contribution in [0.15, 0.2) is 36.4 Å². The number of nitrogens with one attached hydrogen (secondary N) is 4. The van der Waals surface area contributed by atoms with Crippen LogP contribution in [-0.4, -0.2) is 33.8 Å². The van der Waals surface area contributed by atoms with Crippen molar-refractivity contribution in [2.45, 2.75) is 143 Å². The van der Waals surface area contributed by atoms with E-state index in [1.165, 1.54) is 25.0 Å². The van der Waals surface area contributed by atoms with Gasteiger partial charge in [0.2, 0.25) is 11.8 Å². The van der Waals surface area contributed by atoms with Gasteiger partial charge < -0.3 is 10.2 Å². The van der Waals surface area contributed by atoms with Crippen LogP contribution in [0, 0.1) is 11.8 Å². The van der Waals surface area contributed by atoms with E-state index in [4.69, 9.17) is 0 Å². The lowest BCUT2D eigenvalue weighted by Gasteiger charge is -2.19. The van der Waals surface area contributed by atoms with Gasteiger partial charge in [-0.25, -0.2) is 0 Å². The number of carbonyl (C=O) groups excluding carboxylic acids is 4. The molecule has 0 saturated carbocycles. The molecule has 0 radical (unpaired) electrons. The van der Waals surface area contributed by atoms with Gasteiger partial charge in [-0.1, -0.05) is 123 Å². The number of benzene rings is 2.